The molecule has 0 amide bonds. The number of thiazole rings is 1. The van der Waals surface area contributed by atoms with E-state index in [4.69, 9.17) is 14.4 Å². The number of para-hydroxylation sites is 1. The van der Waals surface area contributed by atoms with E-state index in [-0.39, 0.29) is 5.56 Å². The minimum absolute atomic E-state index is 0.133. The highest BCUT2D eigenvalue weighted by Crippen LogP contribution is 2.39. The van der Waals surface area contributed by atoms with Crippen LogP contribution in [-0.4, -0.2) is 14.5 Å². The molecule has 3 aromatic carbocycles. The predicted octanol–water partition coefficient (Wildman–Crippen LogP) is 7.16. The molecule has 180 valence electrons. The molecule has 0 aliphatic heterocycles. The molecule has 3 aromatic heterocycles. The van der Waals surface area contributed by atoms with Crippen LogP contribution in [0.5, 0.6) is 0 Å². The minimum Gasteiger partial charge on any atom is -0.463 e. The maximum absolute atomic E-state index is 13.9. The van der Waals surface area contributed by atoms with E-state index in [9.17, 15) is 4.79 Å². The number of anilines is 1. The van der Waals surface area contributed by atoms with E-state index in [1.54, 1.807) is 10.8 Å². The molecule has 0 saturated heterocycles. The molecule has 0 atom stereocenters. The van der Waals surface area contributed by atoms with Gasteiger partial charge in [-0.15, -0.1) is 0 Å². The molecule has 0 saturated carbocycles. The lowest BCUT2D eigenvalue weighted by Crippen LogP contribution is -2.21. The first-order chi connectivity index (χ1) is 18.1. The van der Waals surface area contributed by atoms with Gasteiger partial charge < -0.3 is 9.73 Å². The van der Waals surface area contributed by atoms with Gasteiger partial charge in [0, 0.05) is 5.56 Å². The average Bonchev–Trinajstić information content (AvgIpc) is 3.61. The van der Waals surface area contributed by atoms with Crippen LogP contribution in [0.25, 0.3) is 44.2 Å². The molecule has 1 N–H and O–H groups in total. The number of fused-ring (bicyclic) bond motifs is 1. The number of rotatable bonds is 6. The quantitative estimate of drug-likeness (QED) is 0.262. The zero-order chi connectivity index (χ0) is 25.4. The van der Waals surface area contributed by atoms with Crippen molar-refractivity contribution in [1.29, 1.82) is 0 Å². The summed E-state index contributed by atoms with van der Waals surface area (Å²) in [7, 11) is 0. The lowest BCUT2D eigenvalue weighted by molar-refractivity contribution is 0.553. The summed E-state index contributed by atoms with van der Waals surface area (Å²) in [5.74, 6) is 1.15. The molecular formula is C30H22N4O2S. The Labute approximate surface area is 217 Å². The molecule has 6 aromatic rings. The predicted molar refractivity (Wildman–Crippen MR) is 150 cm³/mol. The molecular weight excluding hydrogens is 480 g/mol. The van der Waals surface area contributed by atoms with E-state index >= 15 is 0 Å². The summed E-state index contributed by atoms with van der Waals surface area (Å²) in [6.45, 7) is 6.12. The standard InChI is InChI=1S/C30H22N4O2S/c1-19-14-16-22(17-15-19)34-28(32-24-12-7-6-11-23(24)29(34)35)27-26(21-9-4-3-5-10-21)33-30(37-27)31-20(2)25-13-8-18-36-25/h3-18H,2H2,1H3,(H,31,33). The van der Waals surface area contributed by atoms with Crippen molar-refractivity contribution in [2.24, 2.45) is 0 Å². The summed E-state index contributed by atoms with van der Waals surface area (Å²) >= 11 is 1.42. The average molecular weight is 503 g/mol. The fourth-order valence-electron chi connectivity index (χ4n) is 4.18. The van der Waals surface area contributed by atoms with Crippen molar-refractivity contribution in [3.05, 3.63) is 126 Å². The van der Waals surface area contributed by atoms with Crippen molar-refractivity contribution in [3.8, 4) is 27.6 Å². The van der Waals surface area contributed by atoms with Gasteiger partial charge in [-0.05, 0) is 43.3 Å². The molecule has 0 radical (unpaired) electrons. The van der Waals surface area contributed by atoms with Crippen LogP contribution in [0, 0.1) is 6.92 Å². The SMILES string of the molecule is C=C(Nc1nc(-c2ccccc2)c(-c2nc3ccccc3c(=O)n2-c2ccc(C)cc2)s1)c1ccco1. The van der Waals surface area contributed by atoms with Gasteiger partial charge in [0.15, 0.2) is 11.0 Å². The van der Waals surface area contributed by atoms with E-state index in [2.05, 4.69) is 11.9 Å². The van der Waals surface area contributed by atoms with Crippen molar-refractivity contribution < 1.29 is 4.42 Å². The highest BCUT2D eigenvalue weighted by molar-refractivity contribution is 7.19. The molecule has 0 unspecified atom stereocenters. The summed E-state index contributed by atoms with van der Waals surface area (Å²) in [4.78, 5) is 24.5. The fourth-order valence-corrected chi connectivity index (χ4v) is 5.17. The van der Waals surface area contributed by atoms with Gasteiger partial charge in [0.25, 0.3) is 5.56 Å². The molecule has 0 spiro atoms. The molecule has 6 nitrogen and oxygen atoms in total. The number of benzene rings is 3. The number of nitrogens with zero attached hydrogens (tertiary/aromatic N) is 3. The number of hydrogen-bond donors (Lipinski definition) is 1. The first-order valence-electron chi connectivity index (χ1n) is 11.7. The van der Waals surface area contributed by atoms with Gasteiger partial charge in [0.2, 0.25) is 0 Å². The van der Waals surface area contributed by atoms with Crippen LogP contribution in [0.3, 0.4) is 0 Å². The summed E-state index contributed by atoms with van der Waals surface area (Å²) in [6.07, 6.45) is 1.60. The Morgan fingerprint density at radius 3 is 2.43 bits per heavy atom. The Kier molecular flexibility index (Phi) is 5.75. The van der Waals surface area contributed by atoms with Crippen LogP contribution in [0.4, 0.5) is 5.13 Å². The topological polar surface area (TPSA) is 73.0 Å². The normalized spacial score (nSPS) is 11.1. The number of aryl methyl sites for hydroxylation is 1. The highest BCUT2D eigenvalue weighted by atomic mass is 32.1. The van der Waals surface area contributed by atoms with Gasteiger partial charge in [-0.2, -0.15) is 0 Å². The maximum atomic E-state index is 13.9. The van der Waals surface area contributed by atoms with Gasteiger partial charge >= 0.3 is 0 Å². The van der Waals surface area contributed by atoms with Crippen molar-refractivity contribution in [2.75, 3.05) is 5.32 Å². The third-order valence-corrected chi connectivity index (χ3v) is 6.99. The third-order valence-electron chi connectivity index (χ3n) is 6.02. The van der Waals surface area contributed by atoms with Crippen molar-refractivity contribution in [3.63, 3.8) is 0 Å². The Morgan fingerprint density at radius 1 is 0.919 bits per heavy atom. The number of aromatic nitrogens is 3. The van der Waals surface area contributed by atoms with Gasteiger partial charge in [-0.1, -0.05) is 78.1 Å². The molecule has 3 heterocycles. The van der Waals surface area contributed by atoms with E-state index in [0.29, 0.717) is 33.3 Å². The Hall–Kier alpha value is -4.75. The molecule has 0 aliphatic rings. The molecule has 0 fully saturated rings. The van der Waals surface area contributed by atoms with Crippen LogP contribution in [0.15, 0.2) is 113 Å². The lowest BCUT2D eigenvalue weighted by atomic mass is 10.1. The number of nitrogens with one attached hydrogen (secondary N) is 1. The second-order valence-corrected chi connectivity index (χ2v) is 9.57. The molecule has 6 rings (SSSR count). The first-order valence-corrected chi connectivity index (χ1v) is 12.6. The van der Waals surface area contributed by atoms with Gasteiger partial charge in [-0.25, -0.2) is 9.97 Å². The fraction of sp³-hybridized carbons (Fsp3) is 0.0333. The zero-order valence-electron chi connectivity index (χ0n) is 20.0. The number of hydrogen-bond acceptors (Lipinski definition) is 6. The largest absolute Gasteiger partial charge is 0.463 e. The lowest BCUT2D eigenvalue weighted by Gasteiger charge is -2.14. The Morgan fingerprint density at radius 2 is 1.68 bits per heavy atom. The van der Waals surface area contributed by atoms with Gasteiger partial charge in [-0.3, -0.25) is 9.36 Å². The zero-order valence-corrected chi connectivity index (χ0v) is 20.8. The van der Waals surface area contributed by atoms with E-state index in [1.165, 1.54) is 11.3 Å². The Bertz CT molecular complexity index is 1780. The number of furan rings is 1. The van der Waals surface area contributed by atoms with Gasteiger partial charge in [0.05, 0.1) is 34.2 Å². The maximum Gasteiger partial charge on any atom is 0.266 e. The molecule has 37 heavy (non-hydrogen) atoms. The van der Waals surface area contributed by atoms with Crippen molar-refractivity contribution in [1.82, 2.24) is 14.5 Å². The van der Waals surface area contributed by atoms with Crippen LogP contribution >= 0.6 is 11.3 Å². The van der Waals surface area contributed by atoms with Crippen LogP contribution in [0.1, 0.15) is 11.3 Å². The van der Waals surface area contributed by atoms with Gasteiger partial charge in [0.1, 0.15) is 10.6 Å². The molecule has 0 bridgehead atoms. The van der Waals surface area contributed by atoms with Crippen LogP contribution in [-0.2, 0) is 0 Å². The third kappa shape index (κ3) is 4.26. The van der Waals surface area contributed by atoms with Crippen LogP contribution in [0.2, 0.25) is 0 Å². The minimum atomic E-state index is -0.133. The van der Waals surface area contributed by atoms with E-state index in [0.717, 1.165) is 27.4 Å². The van der Waals surface area contributed by atoms with Crippen molar-refractivity contribution in [2.45, 2.75) is 6.92 Å². The monoisotopic (exact) mass is 502 g/mol. The summed E-state index contributed by atoms with van der Waals surface area (Å²) < 4.78 is 7.15. The second kappa shape index (κ2) is 9.37. The van der Waals surface area contributed by atoms with Crippen LogP contribution < -0.4 is 10.9 Å². The molecule has 7 heteroatoms. The Balaban J connectivity index is 1.60. The van der Waals surface area contributed by atoms with Crippen molar-refractivity contribution >= 4 is 33.1 Å². The second-order valence-electron chi connectivity index (χ2n) is 8.57. The summed E-state index contributed by atoms with van der Waals surface area (Å²) in [5.41, 5.74) is 4.58. The molecule has 0 aliphatic carbocycles. The highest BCUT2D eigenvalue weighted by Gasteiger charge is 2.22. The first kappa shape index (κ1) is 22.7. The summed E-state index contributed by atoms with van der Waals surface area (Å²) in [5, 5.41) is 4.44. The smallest absolute Gasteiger partial charge is 0.266 e. The van der Waals surface area contributed by atoms with E-state index < -0.39 is 0 Å². The van der Waals surface area contributed by atoms with E-state index in [1.807, 2.05) is 97.9 Å². The summed E-state index contributed by atoms with van der Waals surface area (Å²) in [6, 6.07) is 28.8.